The number of nitrogens with one attached hydrogen (secondary N) is 1. The van der Waals surface area contributed by atoms with Crippen LogP contribution in [0, 0.1) is 0 Å². The molecule has 0 atom stereocenters. The highest BCUT2D eigenvalue weighted by molar-refractivity contribution is 7.92. The Morgan fingerprint density at radius 3 is 2.33 bits per heavy atom. The molecule has 2 rings (SSSR count). The average molecular weight is 408 g/mol. The van der Waals surface area contributed by atoms with Gasteiger partial charge in [-0.05, 0) is 50.3 Å². The average Bonchev–Trinajstić information content (AvgIpc) is 2.56. The highest BCUT2D eigenvalue weighted by atomic mass is 35.5. The quantitative estimate of drug-likeness (QED) is 0.687. The molecular formula is C21H26ClNO3S. The molecule has 0 aromatic heterocycles. The van der Waals surface area contributed by atoms with Gasteiger partial charge in [0.1, 0.15) is 5.75 Å². The van der Waals surface area contributed by atoms with Crippen LogP contribution in [0.3, 0.4) is 0 Å². The number of amides is 1. The number of hydrogen-bond acceptors (Lipinski definition) is 3. The van der Waals surface area contributed by atoms with Gasteiger partial charge in [0.2, 0.25) is 5.91 Å². The molecule has 0 aliphatic rings. The van der Waals surface area contributed by atoms with Gasteiger partial charge in [0, 0.05) is 10.6 Å². The number of carbonyl (C=O) groups excluding carboxylic acids is 1. The summed E-state index contributed by atoms with van der Waals surface area (Å²) in [6, 6.07) is 17.1. The number of aryl methyl sites for hydroxylation is 1. The number of benzene rings is 2. The van der Waals surface area contributed by atoms with E-state index in [1.807, 2.05) is 62.4 Å². The Morgan fingerprint density at radius 2 is 1.67 bits per heavy atom. The lowest BCUT2D eigenvalue weighted by molar-refractivity contribution is -0.120. The molecule has 1 N–H and O–H groups in total. The number of sulfone groups is 1. The van der Waals surface area contributed by atoms with E-state index < -0.39 is 27.0 Å². The second-order valence-electron chi connectivity index (χ2n) is 7.38. The Hall–Kier alpha value is -1.85. The van der Waals surface area contributed by atoms with Crippen molar-refractivity contribution in [1.29, 1.82) is 0 Å². The number of hydrogen-bond donors (Lipinski definition) is 1. The van der Waals surface area contributed by atoms with Gasteiger partial charge in [-0.25, -0.2) is 8.42 Å². The summed E-state index contributed by atoms with van der Waals surface area (Å²) in [5.74, 6) is -0.972. The van der Waals surface area contributed by atoms with Gasteiger partial charge in [0.25, 0.3) is 0 Å². The highest BCUT2D eigenvalue weighted by Crippen LogP contribution is 2.20. The molecule has 0 saturated carbocycles. The molecule has 2 aromatic rings. The van der Waals surface area contributed by atoms with Crippen molar-refractivity contribution in [3.8, 4) is 0 Å². The monoisotopic (exact) mass is 407 g/mol. The van der Waals surface area contributed by atoms with Crippen LogP contribution in [0.25, 0.3) is 0 Å². The summed E-state index contributed by atoms with van der Waals surface area (Å²) in [6.07, 6.45) is 1.70. The molecule has 0 unspecified atom stereocenters. The van der Waals surface area contributed by atoms with E-state index in [1.165, 1.54) is 0 Å². The van der Waals surface area contributed by atoms with E-state index >= 15 is 0 Å². The van der Waals surface area contributed by atoms with Crippen LogP contribution >= 0.6 is 11.6 Å². The largest absolute Gasteiger partial charge is 0.350 e. The standard InChI is InChI=1S/C21H26ClNO3S/c1-21(2,15-18-12-6-7-13-19(18)22)23-20(24)16-27(25,26)14-8-11-17-9-4-3-5-10-17/h3-7,9-10,12-13H,8,11,14-16H2,1-2H3,(H,23,24). The Kier molecular flexibility index (Phi) is 7.45. The van der Waals surface area contributed by atoms with Crippen molar-refractivity contribution in [3.05, 3.63) is 70.7 Å². The maximum absolute atomic E-state index is 12.3. The van der Waals surface area contributed by atoms with Crippen LogP contribution in [0.4, 0.5) is 0 Å². The number of carbonyl (C=O) groups is 1. The molecule has 0 spiro atoms. The smallest absolute Gasteiger partial charge is 0.235 e. The Morgan fingerprint density at radius 1 is 1.04 bits per heavy atom. The molecule has 0 heterocycles. The molecule has 0 bridgehead atoms. The van der Waals surface area contributed by atoms with Gasteiger partial charge in [-0.3, -0.25) is 4.79 Å². The lowest BCUT2D eigenvalue weighted by Crippen LogP contribution is -2.47. The minimum absolute atomic E-state index is 0.000254. The van der Waals surface area contributed by atoms with Crippen molar-refractivity contribution in [2.45, 2.75) is 38.6 Å². The van der Waals surface area contributed by atoms with Crippen LogP contribution in [0.15, 0.2) is 54.6 Å². The second kappa shape index (κ2) is 9.38. The summed E-state index contributed by atoms with van der Waals surface area (Å²) < 4.78 is 24.5. The van der Waals surface area contributed by atoms with Crippen molar-refractivity contribution in [1.82, 2.24) is 5.32 Å². The SMILES string of the molecule is CC(C)(Cc1ccccc1Cl)NC(=O)CS(=O)(=O)CCCc1ccccc1. The fourth-order valence-electron chi connectivity index (χ4n) is 2.99. The van der Waals surface area contributed by atoms with E-state index in [-0.39, 0.29) is 5.75 Å². The van der Waals surface area contributed by atoms with Crippen molar-refractivity contribution in [2.24, 2.45) is 0 Å². The lowest BCUT2D eigenvalue weighted by Gasteiger charge is -2.27. The fraction of sp³-hybridized carbons (Fsp3) is 0.381. The first-order chi connectivity index (χ1) is 12.7. The van der Waals surface area contributed by atoms with E-state index in [9.17, 15) is 13.2 Å². The first-order valence-electron chi connectivity index (χ1n) is 8.96. The lowest BCUT2D eigenvalue weighted by atomic mass is 9.95. The van der Waals surface area contributed by atoms with Crippen molar-refractivity contribution in [3.63, 3.8) is 0 Å². The Bertz CT molecular complexity index is 864. The van der Waals surface area contributed by atoms with Gasteiger partial charge in [-0.15, -0.1) is 0 Å². The van der Waals surface area contributed by atoms with Crippen LogP contribution in [-0.2, 0) is 27.5 Å². The first kappa shape index (κ1) is 21.5. The molecule has 27 heavy (non-hydrogen) atoms. The Balaban J connectivity index is 1.84. The maximum atomic E-state index is 12.3. The molecule has 6 heteroatoms. The number of rotatable bonds is 9. The topological polar surface area (TPSA) is 63.2 Å². The van der Waals surface area contributed by atoms with Crippen LogP contribution in [0.1, 0.15) is 31.4 Å². The zero-order valence-electron chi connectivity index (χ0n) is 15.7. The normalized spacial score (nSPS) is 12.0. The van der Waals surface area contributed by atoms with Crippen LogP contribution in [0.2, 0.25) is 5.02 Å². The van der Waals surface area contributed by atoms with E-state index in [4.69, 9.17) is 11.6 Å². The molecular weight excluding hydrogens is 382 g/mol. The fourth-order valence-corrected chi connectivity index (χ4v) is 4.39. The van der Waals surface area contributed by atoms with E-state index in [1.54, 1.807) is 6.07 Å². The third kappa shape index (κ3) is 7.73. The minimum atomic E-state index is -3.44. The zero-order valence-corrected chi connectivity index (χ0v) is 17.3. The molecule has 0 aliphatic carbocycles. The van der Waals surface area contributed by atoms with Crippen molar-refractivity contribution < 1.29 is 13.2 Å². The van der Waals surface area contributed by atoms with Crippen LogP contribution < -0.4 is 5.32 Å². The molecule has 0 radical (unpaired) electrons. The van der Waals surface area contributed by atoms with Gasteiger partial charge >= 0.3 is 0 Å². The van der Waals surface area contributed by atoms with Gasteiger partial charge < -0.3 is 5.32 Å². The van der Waals surface area contributed by atoms with Crippen LogP contribution in [-0.4, -0.2) is 31.4 Å². The first-order valence-corrected chi connectivity index (χ1v) is 11.2. The molecule has 1 amide bonds. The molecule has 0 aliphatic heterocycles. The molecule has 0 saturated heterocycles. The zero-order chi connectivity index (χ0) is 19.9. The van der Waals surface area contributed by atoms with Gasteiger partial charge in [-0.2, -0.15) is 0 Å². The highest BCUT2D eigenvalue weighted by Gasteiger charge is 2.25. The third-order valence-corrected chi connectivity index (χ3v) is 6.16. The molecule has 0 fully saturated rings. The second-order valence-corrected chi connectivity index (χ2v) is 9.97. The van der Waals surface area contributed by atoms with E-state index in [0.29, 0.717) is 24.3 Å². The van der Waals surface area contributed by atoms with E-state index in [0.717, 1.165) is 11.1 Å². The van der Waals surface area contributed by atoms with Crippen LogP contribution in [0.5, 0.6) is 0 Å². The summed E-state index contributed by atoms with van der Waals surface area (Å²) in [7, 11) is -3.44. The van der Waals surface area contributed by atoms with Crippen molar-refractivity contribution >= 4 is 27.3 Å². The minimum Gasteiger partial charge on any atom is -0.350 e. The third-order valence-electron chi connectivity index (χ3n) is 4.18. The predicted molar refractivity (Wildman–Crippen MR) is 111 cm³/mol. The predicted octanol–water partition coefficient (Wildman–Crippen LogP) is 3.82. The molecule has 4 nitrogen and oxygen atoms in total. The number of halogens is 1. The summed E-state index contributed by atoms with van der Waals surface area (Å²) >= 11 is 6.17. The summed E-state index contributed by atoms with van der Waals surface area (Å²) in [5, 5.41) is 3.45. The van der Waals surface area contributed by atoms with Crippen molar-refractivity contribution in [2.75, 3.05) is 11.5 Å². The van der Waals surface area contributed by atoms with Gasteiger partial charge in [-0.1, -0.05) is 60.1 Å². The Labute approximate surface area is 166 Å². The molecule has 2 aromatic carbocycles. The van der Waals surface area contributed by atoms with E-state index in [2.05, 4.69) is 5.32 Å². The summed E-state index contributed by atoms with van der Waals surface area (Å²) in [5.41, 5.74) is 1.41. The summed E-state index contributed by atoms with van der Waals surface area (Å²) in [4.78, 5) is 12.3. The maximum Gasteiger partial charge on any atom is 0.235 e. The van der Waals surface area contributed by atoms with Gasteiger partial charge in [0.15, 0.2) is 9.84 Å². The van der Waals surface area contributed by atoms with Gasteiger partial charge in [0.05, 0.1) is 5.75 Å². The summed E-state index contributed by atoms with van der Waals surface area (Å²) in [6.45, 7) is 3.71. The molecule has 146 valence electrons.